The topological polar surface area (TPSA) is 52.3 Å². The first-order valence-corrected chi connectivity index (χ1v) is 3.21. The van der Waals surface area contributed by atoms with Crippen molar-refractivity contribution in [1.29, 1.82) is 0 Å². The van der Waals surface area contributed by atoms with Crippen LogP contribution in [0.5, 0.6) is 0 Å². The summed E-state index contributed by atoms with van der Waals surface area (Å²) in [5.41, 5.74) is 5.60. The monoisotopic (exact) mass is 223 g/mol. The van der Waals surface area contributed by atoms with Gasteiger partial charge in [-0.25, -0.2) is 4.79 Å². The summed E-state index contributed by atoms with van der Waals surface area (Å²) in [6.45, 7) is 5.98. The summed E-state index contributed by atoms with van der Waals surface area (Å²) < 4.78 is 4.73. The quantitative estimate of drug-likeness (QED) is 0.441. The van der Waals surface area contributed by atoms with Crippen LogP contribution < -0.4 is 5.73 Å². The van der Waals surface area contributed by atoms with Crippen LogP contribution in [0, 0.1) is 0 Å². The molecule has 0 aliphatic carbocycles. The van der Waals surface area contributed by atoms with Gasteiger partial charge in [-0.05, 0) is 19.9 Å². The molecule has 0 heterocycles. The van der Waals surface area contributed by atoms with Crippen LogP contribution in [-0.2, 0) is 9.53 Å². The van der Waals surface area contributed by atoms with Crippen molar-refractivity contribution in [2.24, 2.45) is 5.73 Å². The van der Waals surface area contributed by atoms with E-state index in [0.29, 0.717) is 25.1 Å². The highest BCUT2D eigenvalue weighted by atomic mass is 79.9. The smallest absolute Gasteiger partial charge is 0.333 e. The van der Waals surface area contributed by atoms with Crippen molar-refractivity contribution in [3.63, 3.8) is 0 Å². The Balaban J connectivity index is 0. The minimum absolute atomic E-state index is 0. The number of rotatable bonds is 4. The van der Waals surface area contributed by atoms with E-state index in [1.54, 1.807) is 6.92 Å². The molecule has 0 bridgehead atoms. The Bertz CT molecular complexity index is 136. The first-order chi connectivity index (χ1) is 4.68. The first kappa shape index (κ1) is 13.3. The lowest BCUT2D eigenvalue weighted by atomic mass is 10.4. The summed E-state index contributed by atoms with van der Waals surface area (Å²) in [4.78, 5) is 10.7. The van der Waals surface area contributed by atoms with Crippen LogP contribution in [0.15, 0.2) is 12.2 Å². The number of nitrogens with two attached hydrogens (primary N) is 1. The lowest BCUT2D eigenvalue weighted by molar-refractivity contribution is -0.138. The molecule has 0 amide bonds. The lowest BCUT2D eigenvalue weighted by Gasteiger charge is -2.01. The van der Waals surface area contributed by atoms with Gasteiger partial charge in [-0.2, -0.15) is 0 Å². The van der Waals surface area contributed by atoms with Gasteiger partial charge in [-0.3, -0.25) is 0 Å². The van der Waals surface area contributed by atoms with E-state index in [9.17, 15) is 4.79 Å². The van der Waals surface area contributed by atoms with Gasteiger partial charge in [-0.15, -0.1) is 17.0 Å². The minimum atomic E-state index is -0.339. The second-order valence-corrected chi connectivity index (χ2v) is 2.06. The fraction of sp³-hybridized carbons (Fsp3) is 0.571. The van der Waals surface area contributed by atoms with Crippen molar-refractivity contribution >= 4 is 23.0 Å². The van der Waals surface area contributed by atoms with Gasteiger partial charge in [0.25, 0.3) is 0 Å². The lowest BCUT2D eigenvalue weighted by Crippen LogP contribution is -2.09. The third kappa shape index (κ3) is 7.55. The Morgan fingerprint density at radius 2 is 2.18 bits per heavy atom. The highest BCUT2D eigenvalue weighted by Crippen LogP contribution is 1.91. The predicted octanol–water partition coefficient (Wildman–Crippen LogP) is 1.03. The van der Waals surface area contributed by atoms with Gasteiger partial charge >= 0.3 is 5.97 Å². The van der Waals surface area contributed by atoms with Crippen LogP contribution in [0.1, 0.15) is 13.3 Å². The first-order valence-electron chi connectivity index (χ1n) is 3.21. The Hall–Kier alpha value is -0.350. The van der Waals surface area contributed by atoms with Crippen molar-refractivity contribution < 1.29 is 9.53 Å². The van der Waals surface area contributed by atoms with Crippen LogP contribution in [0.3, 0.4) is 0 Å². The van der Waals surface area contributed by atoms with E-state index in [2.05, 4.69) is 6.58 Å². The second-order valence-electron chi connectivity index (χ2n) is 2.06. The van der Waals surface area contributed by atoms with Crippen molar-refractivity contribution in [3.8, 4) is 0 Å². The maximum absolute atomic E-state index is 10.7. The molecule has 0 fully saturated rings. The molecule has 0 spiro atoms. The summed E-state index contributed by atoms with van der Waals surface area (Å²) >= 11 is 0. The fourth-order valence-electron chi connectivity index (χ4n) is 0.371. The highest BCUT2D eigenvalue weighted by molar-refractivity contribution is 8.93. The maximum atomic E-state index is 10.7. The number of esters is 1. The van der Waals surface area contributed by atoms with Crippen LogP contribution in [0.25, 0.3) is 0 Å². The molecule has 0 saturated carbocycles. The molecule has 0 aliphatic rings. The number of carbonyl (C=O) groups excluding carboxylic acids is 1. The molecule has 0 unspecified atom stereocenters. The normalized spacial score (nSPS) is 8.18. The van der Waals surface area contributed by atoms with Crippen molar-refractivity contribution in [2.45, 2.75) is 13.3 Å². The van der Waals surface area contributed by atoms with Gasteiger partial charge in [0.05, 0.1) is 6.61 Å². The van der Waals surface area contributed by atoms with E-state index in [-0.39, 0.29) is 23.0 Å². The SMILES string of the molecule is Br.C=C(C)C(=O)OCCCN. The second kappa shape index (κ2) is 7.75. The van der Waals surface area contributed by atoms with Crippen LogP contribution in [-0.4, -0.2) is 19.1 Å². The van der Waals surface area contributed by atoms with E-state index in [1.165, 1.54) is 0 Å². The van der Waals surface area contributed by atoms with Crippen LogP contribution >= 0.6 is 17.0 Å². The van der Waals surface area contributed by atoms with E-state index in [1.807, 2.05) is 0 Å². The molecular formula is C7H14BrNO2. The molecular weight excluding hydrogens is 210 g/mol. The zero-order chi connectivity index (χ0) is 7.98. The summed E-state index contributed by atoms with van der Waals surface area (Å²) in [6, 6.07) is 0. The molecule has 0 saturated heterocycles. The van der Waals surface area contributed by atoms with Crippen LogP contribution in [0.2, 0.25) is 0 Å². The molecule has 0 aromatic heterocycles. The molecule has 0 atom stereocenters. The number of hydrogen-bond acceptors (Lipinski definition) is 3. The Labute approximate surface area is 77.4 Å². The summed E-state index contributed by atoms with van der Waals surface area (Å²) in [7, 11) is 0. The predicted molar refractivity (Wildman–Crippen MR) is 49.8 cm³/mol. The van der Waals surface area contributed by atoms with Crippen molar-refractivity contribution in [1.82, 2.24) is 0 Å². The zero-order valence-electron chi connectivity index (χ0n) is 6.63. The number of carbonyl (C=O) groups is 1. The summed E-state index contributed by atoms with van der Waals surface area (Å²) in [6.07, 6.45) is 0.707. The average Bonchev–Trinajstić information content (AvgIpc) is 1.88. The van der Waals surface area contributed by atoms with Gasteiger partial charge < -0.3 is 10.5 Å². The van der Waals surface area contributed by atoms with Gasteiger partial charge in [0, 0.05) is 5.57 Å². The molecule has 3 nitrogen and oxygen atoms in total. The molecule has 0 aromatic carbocycles. The number of ether oxygens (including phenoxy) is 1. The Morgan fingerprint density at radius 1 is 1.64 bits per heavy atom. The molecule has 66 valence electrons. The highest BCUT2D eigenvalue weighted by Gasteiger charge is 2.00. The molecule has 0 aliphatic heterocycles. The van der Waals surface area contributed by atoms with Gasteiger partial charge in [-0.1, -0.05) is 6.58 Å². The molecule has 0 aromatic rings. The Morgan fingerprint density at radius 3 is 2.55 bits per heavy atom. The van der Waals surface area contributed by atoms with E-state index >= 15 is 0 Å². The minimum Gasteiger partial charge on any atom is -0.462 e. The molecule has 0 rings (SSSR count). The van der Waals surface area contributed by atoms with Gasteiger partial charge in [0.15, 0.2) is 0 Å². The average molecular weight is 224 g/mol. The number of hydrogen-bond donors (Lipinski definition) is 1. The largest absolute Gasteiger partial charge is 0.462 e. The molecule has 4 heteroatoms. The molecule has 0 radical (unpaired) electrons. The molecule has 2 N–H and O–H groups in total. The van der Waals surface area contributed by atoms with E-state index < -0.39 is 0 Å². The van der Waals surface area contributed by atoms with Gasteiger partial charge in [0.1, 0.15) is 0 Å². The third-order valence-electron chi connectivity index (χ3n) is 0.930. The fourth-order valence-corrected chi connectivity index (χ4v) is 0.371. The summed E-state index contributed by atoms with van der Waals surface area (Å²) in [5, 5.41) is 0. The van der Waals surface area contributed by atoms with E-state index in [4.69, 9.17) is 10.5 Å². The van der Waals surface area contributed by atoms with Gasteiger partial charge in [0.2, 0.25) is 0 Å². The Kier molecular flexibility index (Phi) is 9.34. The summed E-state index contributed by atoms with van der Waals surface area (Å²) in [5.74, 6) is -0.339. The maximum Gasteiger partial charge on any atom is 0.333 e. The van der Waals surface area contributed by atoms with Crippen molar-refractivity contribution in [3.05, 3.63) is 12.2 Å². The van der Waals surface area contributed by atoms with Crippen LogP contribution in [0.4, 0.5) is 0 Å². The number of halogens is 1. The van der Waals surface area contributed by atoms with E-state index in [0.717, 1.165) is 0 Å². The zero-order valence-corrected chi connectivity index (χ0v) is 8.34. The molecule has 11 heavy (non-hydrogen) atoms. The standard InChI is InChI=1S/C7H13NO2.BrH/c1-6(2)7(9)10-5-3-4-8;/h1,3-5,8H2,2H3;1H. The van der Waals surface area contributed by atoms with Crippen molar-refractivity contribution in [2.75, 3.05) is 13.2 Å². The third-order valence-corrected chi connectivity index (χ3v) is 0.930.